The van der Waals surface area contributed by atoms with Crippen molar-refractivity contribution in [3.63, 3.8) is 0 Å². The second-order valence-corrected chi connectivity index (χ2v) is 14.6. The average molecular weight is 641 g/mol. The Bertz CT molecular complexity index is 1270. The van der Waals surface area contributed by atoms with Crippen LogP contribution in [0, 0.1) is 18.3 Å². The second kappa shape index (κ2) is 16.1. The summed E-state index contributed by atoms with van der Waals surface area (Å²) < 4.78 is 0. The van der Waals surface area contributed by atoms with Crippen LogP contribution < -0.4 is 16.4 Å². The number of nitrogens with one attached hydrogen (secondary N) is 2. The van der Waals surface area contributed by atoms with Crippen LogP contribution in [0.15, 0.2) is 29.8 Å². The molecule has 1 aromatic heterocycles. The Labute approximate surface area is 272 Å². The van der Waals surface area contributed by atoms with Gasteiger partial charge in [0, 0.05) is 25.9 Å². The number of unbranched alkanes of at least 4 members (excludes halogenated alkanes) is 2. The summed E-state index contributed by atoms with van der Waals surface area (Å²) in [7, 11) is 0. The molecule has 4 rings (SSSR count). The minimum absolute atomic E-state index is 0.0603. The van der Waals surface area contributed by atoms with Gasteiger partial charge in [-0.05, 0) is 81.2 Å². The van der Waals surface area contributed by atoms with Crippen LogP contribution in [0.4, 0.5) is 0 Å². The number of carbonyl (C=O) groups excluding carboxylic acids is 3. The van der Waals surface area contributed by atoms with Crippen molar-refractivity contribution < 1.29 is 19.5 Å². The highest BCUT2D eigenvalue weighted by Gasteiger charge is 2.44. The lowest BCUT2D eigenvalue weighted by Crippen LogP contribution is -2.57. The van der Waals surface area contributed by atoms with Crippen molar-refractivity contribution in [2.45, 2.75) is 97.4 Å². The molecule has 0 saturated carbocycles. The second-order valence-electron chi connectivity index (χ2n) is 13.8. The number of piperidine rings is 1. The third-order valence-electron chi connectivity index (χ3n) is 9.13. The molecule has 248 valence electrons. The van der Waals surface area contributed by atoms with E-state index in [1.807, 2.05) is 57.5 Å². The summed E-state index contributed by atoms with van der Waals surface area (Å²) in [5.74, 6) is -0.157. The number of thiazole rings is 1. The molecule has 0 unspecified atom stereocenters. The van der Waals surface area contributed by atoms with Gasteiger partial charge in [-0.1, -0.05) is 51.5 Å². The van der Waals surface area contributed by atoms with Crippen LogP contribution >= 0.6 is 11.3 Å². The van der Waals surface area contributed by atoms with E-state index in [9.17, 15) is 19.5 Å². The maximum atomic E-state index is 13.8. The molecule has 2 saturated heterocycles. The lowest BCUT2D eigenvalue weighted by atomic mass is 9.85. The third kappa shape index (κ3) is 9.81. The topological polar surface area (TPSA) is 141 Å². The van der Waals surface area contributed by atoms with Crippen LogP contribution in [0.1, 0.15) is 77.0 Å². The van der Waals surface area contributed by atoms with Gasteiger partial charge in [-0.2, -0.15) is 0 Å². The van der Waals surface area contributed by atoms with E-state index in [1.165, 1.54) is 17.7 Å². The quantitative estimate of drug-likeness (QED) is 0.246. The number of nitrogens with zero attached hydrogens (tertiary/aromatic N) is 3. The predicted molar refractivity (Wildman–Crippen MR) is 178 cm³/mol. The number of aryl methyl sites for hydroxylation is 1. The van der Waals surface area contributed by atoms with E-state index in [0.29, 0.717) is 18.9 Å². The van der Waals surface area contributed by atoms with Crippen LogP contribution in [-0.2, 0) is 20.9 Å². The zero-order valence-corrected chi connectivity index (χ0v) is 28.2. The molecule has 11 heteroatoms. The third-order valence-corrected chi connectivity index (χ3v) is 10.1. The van der Waals surface area contributed by atoms with Gasteiger partial charge in [0.15, 0.2) is 0 Å². The molecule has 3 atom stereocenters. The van der Waals surface area contributed by atoms with Crippen molar-refractivity contribution in [3.8, 4) is 10.4 Å². The number of rotatable bonds is 13. The van der Waals surface area contributed by atoms with Gasteiger partial charge < -0.3 is 31.3 Å². The van der Waals surface area contributed by atoms with Crippen molar-refractivity contribution in [1.29, 1.82) is 0 Å². The van der Waals surface area contributed by atoms with E-state index < -0.39 is 23.6 Å². The van der Waals surface area contributed by atoms with Crippen LogP contribution in [-0.4, -0.2) is 88.5 Å². The fraction of sp³-hybridized carbons (Fsp3) is 0.647. The Hall–Kier alpha value is -2.86. The number of hydrogen-bond acceptors (Lipinski definition) is 8. The normalized spacial score (nSPS) is 20.3. The lowest BCUT2D eigenvalue weighted by molar-refractivity contribution is -0.144. The van der Waals surface area contributed by atoms with Gasteiger partial charge in [0.2, 0.25) is 17.7 Å². The largest absolute Gasteiger partial charge is 0.391 e. The standard InChI is InChI=1S/C34H52N6O4S/c1-23-30(45-22-37-23)26-11-9-25(10-12-26)20-36-32(43)28-18-27(41)21-40(28)33(44)31(34(2,3)4)38-29(42)8-6-5-7-15-39-16-13-24(19-35)14-17-39/h9-12,22,24,27-28,31,41H,5-8,13-21,35H2,1-4H3,(H,36,43)(H,38,42)/t27-,28+,31-/m1/s1. The van der Waals surface area contributed by atoms with E-state index in [-0.39, 0.29) is 30.7 Å². The molecule has 3 amide bonds. The Kier molecular flexibility index (Phi) is 12.5. The Morgan fingerprint density at radius 1 is 1.11 bits per heavy atom. The number of hydrogen-bond donors (Lipinski definition) is 4. The summed E-state index contributed by atoms with van der Waals surface area (Å²) in [4.78, 5) is 49.5. The molecule has 2 fully saturated rings. The molecule has 3 heterocycles. The number of benzene rings is 1. The summed E-state index contributed by atoms with van der Waals surface area (Å²) in [5, 5.41) is 16.4. The SMILES string of the molecule is Cc1ncsc1-c1ccc(CNC(=O)[C@@H]2C[C@@H](O)CN2C(=O)[C@@H](NC(=O)CCCCCN2CCC(CN)CC2)C(C)(C)C)cc1. The molecule has 2 aromatic rings. The zero-order chi connectivity index (χ0) is 32.6. The summed E-state index contributed by atoms with van der Waals surface area (Å²) in [6.45, 7) is 12.1. The van der Waals surface area contributed by atoms with Crippen LogP contribution in [0.2, 0.25) is 0 Å². The zero-order valence-electron chi connectivity index (χ0n) is 27.4. The molecule has 2 aliphatic rings. The van der Waals surface area contributed by atoms with E-state index >= 15 is 0 Å². The average Bonchev–Trinajstić information content (AvgIpc) is 3.63. The minimum atomic E-state index is -0.808. The maximum Gasteiger partial charge on any atom is 0.246 e. The molecule has 0 spiro atoms. The fourth-order valence-electron chi connectivity index (χ4n) is 6.26. The number of nitrogens with two attached hydrogens (primary N) is 1. The number of aliphatic hydroxyl groups excluding tert-OH is 1. The van der Waals surface area contributed by atoms with E-state index in [2.05, 4.69) is 20.5 Å². The monoisotopic (exact) mass is 640 g/mol. The first-order valence-electron chi connectivity index (χ1n) is 16.4. The van der Waals surface area contributed by atoms with Gasteiger partial charge in [-0.15, -0.1) is 11.3 Å². The molecule has 45 heavy (non-hydrogen) atoms. The molecule has 1 aromatic carbocycles. The van der Waals surface area contributed by atoms with Crippen molar-refractivity contribution in [2.24, 2.45) is 17.1 Å². The Morgan fingerprint density at radius 3 is 2.44 bits per heavy atom. The first-order chi connectivity index (χ1) is 21.5. The van der Waals surface area contributed by atoms with Gasteiger partial charge in [0.1, 0.15) is 12.1 Å². The van der Waals surface area contributed by atoms with Gasteiger partial charge in [0.25, 0.3) is 0 Å². The maximum absolute atomic E-state index is 13.8. The summed E-state index contributed by atoms with van der Waals surface area (Å²) >= 11 is 1.59. The fourth-order valence-corrected chi connectivity index (χ4v) is 7.07. The number of aliphatic hydroxyl groups is 1. The van der Waals surface area contributed by atoms with Crippen molar-refractivity contribution in [1.82, 2.24) is 25.4 Å². The highest BCUT2D eigenvalue weighted by atomic mass is 32.1. The van der Waals surface area contributed by atoms with Crippen LogP contribution in [0.3, 0.4) is 0 Å². The number of β-amino-alcohol motifs (C(OH)–C–C–N with tert-alkyl or cyclic N) is 1. The first kappa shape index (κ1) is 35.0. The predicted octanol–water partition coefficient (Wildman–Crippen LogP) is 3.46. The molecular weight excluding hydrogens is 588 g/mol. The number of amides is 3. The van der Waals surface area contributed by atoms with Crippen molar-refractivity contribution in [3.05, 3.63) is 41.0 Å². The van der Waals surface area contributed by atoms with E-state index in [4.69, 9.17) is 5.73 Å². The van der Waals surface area contributed by atoms with Crippen molar-refractivity contribution >= 4 is 29.1 Å². The molecule has 0 aliphatic carbocycles. The van der Waals surface area contributed by atoms with E-state index in [1.54, 1.807) is 11.3 Å². The van der Waals surface area contributed by atoms with Gasteiger partial charge in [0.05, 0.1) is 22.2 Å². The molecule has 2 aliphatic heterocycles. The Balaban J connectivity index is 1.26. The molecule has 0 radical (unpaired) electrons. The molecule has 10 nitrogen and oxygen atoms in total. The van der Waals surface area contributed by atoms with Gasteiger partial charge >= 0.3 is 0 Å². The summed E-state index contributed by atoms with van der Waals surface area (Å²) in [6.07, 6.45) is 4.80. The minimum Gasteiger partial charge on any atom is -0.391 e. The van der Waals surface area contributed by atoms with Gasteiger partial charge in [-0.25, -0.2) is 4.98 Å². The highest BCUT2D eigenvalue weighted by Crippen LogP contribution is 2.28. The summed E-state index contributed by atoms with van der Waals surface area (Å²) in [5.41, 5.74) is 10.0. The number of aromatic nitrogens is 1. The molecule has 5 N–H and O–H groups in total. The molecular formula is C34H52N6O4S. The lowest BCUT2D eigenvalue weighted by Gasteiger charge is -2.35. The number of carbonyl (C=O) groups is 3. The Morgan fingerprint density at radius 2 is 1.82 bits per heavy atom. The van der Waals surface area contributed by atoms with Crippen LogP contribution in [0.25, 0.3) is 10.4 Å². The van der Waals surface area contributed by atoms with Crippen molar-refractivity contribution in [2.75, 3.05) is 32.7 Å². The van der Waals surface area contributed by atoms with E-state index in [0.717, 1.165) is 67.1 Å². The summed E-state index contributed by atoms with van der Waals surface area (Å²) in [6, 6.07) is 6.36. The smallest absolute Gasteiger partial charge is 0.246 e. The highest BCUT2D eigenvalue weighted by molar-refractivity contribution is 7.13. The van der Waals surface area contributed by atoms with Crippen LogP contribution in [0.5, 0.6) is 0 Å². The first-order valence-corrected chi connectivity index (χ1v) is 17.3. The van der Waals surface area contributed by atoms with Gasteiger partial charge in [-0.3, -0.25) is 14.4 Å². The molecule has 0 bridgehead atoms. The number of likely N-dealkylation sites (tertiary alicyclic amines) is 2.